The maximum Gasteiger partial charge on any atom is 0.134 e. The molecule has 0 atom stereocenters. The zero-order chi connectivity index (χ0) is 17.1. The van der Waals surface area contributed by atoms with E-state index in [1.165, 1.54) is 19.3 Å². The van der Waals surface area contributed by atoms with Crippen LogP contribution in [0.3, 0.4) is 0 Å². The van der Waals surface area contributed by atoms with Crippen LogP contribution in [0.4, 0.5) is 17.5 Å². The van der Waals surface area contributed by atoms with E-state index in [1.54, 1.807) is 6.33 Å². The van der Waals surface area contributed by atoms with Crippen molar-refractivity contribution in [1.82, 2.24) is 19.9 Å². The van der Waals surface area contributed by atoms with Crippen molar-refractivity contribution in [1.29, 1.82) is 0 Å². The molecule has 0 saturated carbocycles. The number of nitrogens with zero attached hydrogens (tertiary/aromatic N) is 7. The Bertz CT molecular complexity index is 706. The molecule has 0 unspecified atom stereocenters. The first-order valence-electron chi connectivity index (χ1n) is 9.16. The van der Waals surface area contributed by atoms with Crippen LogP contribution in [0.2, 0.25) is 0 Å². The van der Waals surface area contributed by atoms with E-state index in [2.05, 4.69) is 40.7 Å². The Hall–Kier alpha value is -2.44. The van der Waals surface area contributed by atoms with Crippen molar-refractivity contribution >= 4 is 17.5 Å². The molecule has 2 aliphatic rings. The fourth-order valence-corrected chi connectivity index (χ4v) is 3.59. The number of piperidine rings is 1. The minimum absolute atomic E-state index is 0.821. The van der Waals surface area contributed by atoms with Gasteiger partial charge in [-0.3, -0.25) is 0 Å². The van der Waals surface area contributed by atoms with Crippen LogP contribution in [-0.4, -0.2) is 59.2 Å². The number of aryl methyl sites for hydroxylation is 1. The molecule has 4 heterocycles. The maximum absolute atomic E-state index is 4.53. The Morgan fingerprint density at radius 2 is 1.32 bits per heavy atom. The molecule has 2 aliphatic heterocycles. The van der Waals surface area contributed by atoms with Crippen LogP contribution in [0, 0.1) is 6.92 Å². The van der Waals surface area contributed by atoms with Crippen LogP contribution in [0.1, 0.15) is 25.1 Å². The number of anilines is 3. The summed E-state index contributed by atoms with van der Waals surface area (Å²) in [7, 11) is 0. The quantitative estimate of drug-likeness (QED) is 0.846. The van der Waals surface area contributed by atoms with E-state index in [1.807, 2.05) is 19.2 Å². The summed E-state index contributed by atoms with van der Waals surface area (Å²) in [6.45, 7) is 7.93. The van der Waals surface area contributed by atoms with Gasteiger partial charge < -0.3 is 14.7 Å². The molecule has 0 spiro atoms. The molecule has 7 heteroatoms. The van der Waals surface area contributed by atoms with Crippen molar-refractivity contribution in [3.05, 3.63) is 30.5 Å². The first-order chi connectivity index (χ1) is 12.3. The van der Waals surface area contributed by atoms with E-state index in [4.69, 9.17) is 0 Å². The highest BCUT2D eigenvalue weighted by atomic mass is 15.3. The van der Waals surface area contributed by atoms with E-state index in [-0.39, 0.29) is 0 Å². The maximum atomic E-state index is 4.53. The van der Waals surface area contributed by atoms with Gasteiger partial charge in [0.1, 0.15) is 29.6 Å². The molecular formula is C18H25N7. The summed E-state index contributed by atoms with van der Waals surface area (Å²) in [5, 5.41) is 0. The molecular weight excluding hydrogens is 314 g/mol. The van der Waals surface area contributed by atoms with E-state index in [0.29, 0.717) is 0 Å². The van der Waals surface area contributed by atoms with Crippen LogP contribution < -0.4 is 14.7 Å². The van der Waals surface area contributed by atoms with E-state index < -0.39 is 0 Å². The minimum atomic E-state index is 0.821. The van der Waals surface area contributed by atoms with Crippen molar-refractivity contribution in [3.63, 3.8) is 0 Å². The molecule has 132 valence electrons. The van der Waals surface area contributed by atoms with Gasteiger partial charge in [0.05, 0.1) is 0 Å². The third kappa shape index (κ3) is 3.65. The SMILES string of the molecule is Cc1nccc(N2CCN(c3cc(N4CCCCC4)ncn3)CC2)n1. The molecule has 0 bridgehead atoms. The number of piperazine rings is 1. The van der Waals surface area contributed by atoms with Gasteiger partial charge in [0.15, 0.2) is 0 Å². The van der Waals surface area contributed by atoms with E-state index in [9.17, 15) is 0 Å². The lowest BCUT2D eigenvalue weighted by Crippen LogP contribution is -2.47. The van der Waals surface area contributed by atoms with E-state index in [0.717, 1.165) is 62.5 Å². The summed E-state index contributed by atoms with van der Waals surface area (Å²) in [4.78, 5) is 24.8. The Balaban J connectivity index is 1.42. The van der Waals surface area contributed by atoms with Crippen molar-refractivity contribution in [3.8, 4) is 0 Å². The monoisotopic (exact) mass is 339 g/mol. The van der Waals surface area contributed by atoms with Crippen LogP contribution in [0.25, 0.3) is 0 Å². The smallest absolute Gasteiger partial charge is 0.134 e. The van der Waals surface area contributed by atoms with Gasteiger partial charge in [-0.05, 0) is 32.3 Å². The van der Waals surface area contributed by atoms with Crippen LogP contribution in [0.5, 0.6) is 0 Å². The average molecular weight is 339 g/mol. The van der Waals surface area contributed by atoms with Gasteiger partial charge in [0.2, 0.25) is 0 Å². The molecule has 25 heavy (non-hydrogen) atoms. The molecule has 4 rings (SSSR count). The summed E-state index contributed by atoms with van der Waals surface area (Å²) in [6, 6.07) is 4.14. The third-order valence-corrected chi connectivity index (χ3v) is 5.01. The summed E-state index contributed by atoms with van der Waals surface area (Å²) in [5.41, 5.74) is 0. The second-order valence-electron chi connectivity index (χ2n) is 6.72. The summed E-state index contributed by atoms with van der Waals surface area (Å²) in [5.74, 6) is 3.94. The van der Waals surface area contributed by atoms with Crippen LogP contribution in [-0.2, 0) is 0 Å². The van der Waals surface area contributed by atoms with E-state index >= 15 is 0 Å². The molecule has 2 aromatic heterocycles. The van der Waals surface area contributed by atoms with Gasteiger partial charge in [0.25, 0.3) is 0 Å². The van der Waals surface area contributed by atoms with Crippen molar-refractivity contribution in [2.75, 3.05) is 54.0 Å². The van der Waals surface area contributed by atoms with Crippen molar-refractivity contribution < 1.29 is 0 Å². The fourth-order valence-electron chi connectivity index (χ4n) is 3.59. The molecule has 0 radical (unpaired) electrons. The summed E-state index contributed by atoms with van der Waals surface area (Å²) < 4.78 is 0. The lowest BCUT2D eigenvalue weighted by Gasteiger charge is -2.36. The lowest BCUT2D eigenvalue weighted by atomic mass is 10.1. The highest BCUT2D eigenvalue weighted by Crippen LogP contribution is 2.22. The van der Waals surface area contributed by atoms with Crippen molar-refractivity contribution in [2.45, 2.75) is 26.2 Å². The van der Waals surface area contributed by atoms with Crippen molar-refractivity contribution in [2.24, 2.45) is 0 Å². The number of aromatic nitrogens is 4. The largest absolute Gasteiger partial charge is 0.356 e. The Labute approximate surface area is 148 Å². The number of rotatable bonds is 3. The first-order valence-corrected chi connectivity index (χ1v) is 9.16. The lowest BCUT2D eigenvalue weighted by molar-refractivity contribution is 0.572. The van der Waals surface area contributed by atoms with Gasteiger partial charge in [-0.1, -0.05) is 0 Å². The average Bonchev–Trinajstić information content (AvgIpc) is 2.69. The number of hydrogen-bond acceptors (Lipinski definition) is 7. The topological polar surface area (TPSA) is 61.3 Å². The molecule has 2 saturated heterocycles. The predicted octanol–water partition coefficient (Wildman–Crippen LogP) is 1.89. The molecule has 0 amide bonds. The third-order valence-electron chi connectivity index (χ3n) is 5.01. The molecule has 7 nitrogen and oxygen atoms in total. The fraction of sp³-hybridized carbons (Fsp3) is 0.556. The molecule has 2 fully saturated rings. The minimum Gasteiger partial charge on any atom is -0.356 e. The molecule has 0 N–H and O–H groups in total. The van der Waals surface area contributed by atoms with Gasteiger partial charge in [-0.15, -0.1) is 0 Å². The zero-order valence-electron chi connectivity index (χ0n) is 14.8. The molecule has 0 aromatic carbocycles. The second-order valence-corrected chi connectivity index (χ2v) is 6.72. The Morgan fingerprint density at radius 3 is 1.96 bits per heavy atom. The van der Waals surface area contributed by atoms with Crippen LogP contribution >= 0.6 is 0 Å². The Morgan fingerprint density at radius 1 is 0.720 bits per heavy atom. The first kappa shape index (κ1) is 16.1. The van der Waals surface area contributed by atoms with Gasteiger partial charge in [-0.2, -0.15) is 0 Å². The van der Waals surface area contributed by atoms with Gasteiger partial charge in [-0.25, -0.2) is 19.9 Å². The predicted molar refractivity (Wildman–Crippen MR) is 99.3 cm³/mol. The molecule has 0 aliphatic carbocycles. The Kier molecular flexibility index (Phi) is 4.63. The standard InChI is InChI=1S/C18H25N7/c1-15-19-6-5-16(22-15)24-9-11-25(12-10-24)18-13-17(20-14-21-18)23-7-3-2-4-8-23/h5-6,13-14H,2-4,7-12H2,1H3. The second kappa shape index (κ2) is 7.21. The zero-order valence-corrected chi connectivity index (χ0v) is 14.8. The van der Waals surface area contributed by atoms with Crippen LogP contribution in [0.15, 0.2) is 24.7 Å². The summed E-state index contributed by atoms with van der Waals surface area (Å²) in [6.07, 6.45) is 7.39. The van der Waals surface area contributed by atoms with Gasteiger partial charge >= 0.3 is 0 Å². The highest BCUT2D eigenvalue weighted by molar-refractivity contribution is 5.51. The number of hydrogen-bond donors (Lipinski definition) is 0. The summed E-state index contributed by atoms with van der Waals surface area (Å²) >= 11 is 0. The van der Waals surface area contributed by atoms with Gasteiger partial charge in [0, 0.05) is 51.5 Å². The highest BCUT2D eigenvalue weighted by Gasteiger charge is 2.20. The molecule has 2 aromatic rings. The normalized spacial score (nSPS) is 18.5.